The van der Waals surface area contributed by atoms with E-state index in [0.29, 0.717) is 17.8 Å². The van der Waals surface area contributed by atoms with Crippen LogP contribution >= 0.6 is 0 Å². The van der Waals surface area contributed by atoms with Crippen LogP contribution in [-0.4, -0.2) is 42.6 Å². The van der Waals surface area contributed by atoms with Crippen LogP contribution in [0.15, 0.2) is 30.3 Å². The molecule has 2 rings (SSSR count). The van der Waals surface area contributed by atoms with E-state index in [1.54, 1.807) is 0 Å². The Morgan fingerprint density at radius 2 is 1.60 bits per heavy atom. The molecule has 0 saturated heterocycles. The number of benzene rings is 1. The maximum atomic E-state index is 4.48. The lowest BCUT2D eigenvalue weighted by Crippen LogP contribution is -2.20. The number of aromatic nitrogens is 3. The number of hydrogen-bond acceptors (Lipinski definition) is 6. The summed E-state index contributed by atoms with van der Waals surface area (Å²) in [5, 5.41) is 3.13. The van der Waals surface area contributed by atoms with Gasteiger partial charge in [-0.3, -0.25) is 0 Å². The highest BCUT2D eigenvalue weighted by atomic mass is 15.3. The second-order valence-corrected chi connectivity index (χ2v) is 4.58. The van der Waals surface area contributed by atoms with Gasteiger partial charge in [-0.05, 0) is 19.1 Å². The summed E-state index contributed by atoms with van der Waals surface area (Å²) in [6.07, 6.45) is 0. The summed E-state index contributed by atoms with van der Waals surface area (Å²) in [5.41, 5.74) is 1.03. The summed E-state index contributed by atoms with van der Waals surface area (Å²) < 4.78 is 0. The molecular weight excluding hydrogens is 252 g/mol. The Balaban J connectivity index is 2.39. The number of rotatable bonds is 5. The van der Waals surface area contributed by atoms with E-state index in [4.69, 9.17) is 0 Å². The van der Waals surface area contributed by atoms with Crippen LogP contribution in [0.25, 0.3) is 0 Å². The van der Waals surface area contributed by atoms with Crippen LogP contribution in [0.4, 0.5) is 23.5 Å². The van der Waals surface area contributed by atoms with E-state index in [9.17, 15) is 0 Å². The van der Waals surface area contributed by atoms with E-state index >= 15 is 0 Å². The Bertz CT molecular complexity index is 555. The first kappa shape index (κ1) is 14.0. The molecule has 0 amide bonds. The molecule has 1 aromatic carbocycles. The van der Waals surface area contributed by atoms with Crippen LogP contribution in [0, 0.1) is 0 Å². The number of nitrogens with one attached hydrogen (secondary N) is 1. The van der Waals surface area contributed by atoms with Crippen molar-refractivity contribution in [3.8, 4) is 0 Å². The third kappa shape index (κ3) is 3.14. The van der Waals surface area contributed by atoms with Gasteiger partial charge in [0.15, 0.2) is 0 Å². The van der Waals surface area contributed by atoms with Crippen molar-refractivity contribution in [2.45, 2.75) is 6.92 Å². The van der Waals surface area contributed by atoms with Crippen molar-refractivity contribution in [2.75, 3.05) is 42.8 Å². The molecule has 2 aromatic rings. The predicted octanol–water partition coefficient (Wildman–Crippen LogP) is 2.14. The number of para-hydroxylation sites is 1. The average molecular weight is 272 g/mol. The van der Waals surface area contributed by atoms with Crippen molar-refractivity contribution in [1.82, 2.24) is 15.0 Å². The second kappa shape index (κ2) is 6.18. The minimum Gasteiger partial charge on any atom is -0.354 e. The fourth-order valence-corrected chi connectivity index (χ4v) is 1.71. The third-order valence-electron chi connectivity index (χ3n) is 2.79. The first-order valence-corrected chi connectivity index (χ1v) is 6.58. The highest BCUT2D eigenvalue weighted by Crippen LogP contribution is 2.21. The number of nitrogens with zero attached hydrogens (tertiary/aromatic N) is 5. The van der Waals surface area contributed by atoms with Crippen molar-refractivity contribution >= 4 is 23.5 Å². The van der Waals surface area contributed by atoms with Gasteiger partial charge in [0.05, 0.1) is 0 Å². The fourth-order valence-electron chi connectivity index (χ4n) is 1.71. The normalized spacial score (nSPS) is 10.2. The standard InChI is InChI=1S/C14H20N6/c1-5-15-12-16-13(19(2)3)18-14(17-12)20(4)11-9-7-6-8-10-11/h6-10H,5H2,1-4H3,(H,15,16,17,18). The molecule has 6 heteroatoms. The molecule has 0 aliphatic rings. The van der Waals surface area contributed by atoms with Gasteiger partial charge in [0, 0.05) is 33.4 Å². The molecule has 0 atom stereocenters. The summed E-state index contributed by atoms with van der Waals surface area (Å²) in [7, 11) is 5.77. The summed E-state index contributed by atoms with van der Waals surface area (Å²) in [4.78, 5) is 17.1. The molecule has 20 heavy (non-hydrogen) atoms. The van der Waals surface area contributed by atoms with Gasteiger partial charge >= 0.3 is 0 Å². The quantitative estimate of drug-likeness (QED) is 0.900. The first-order chi connectivity index (χ1) is 9.61. The van der Waals surface area contributed by atoms with Crippen LogP contribution in [0.3, 0.4) is 0 Å². The molecule has 6 nitrogen and oxygen atoms in total. The van der Waals surface area contributed by atoms with E-state index in [2.05, 4.69) is 20.3 Å². The van der Waals surface area contributed by atoms with Gasteiger partial charge in [-0.2, -0.15) is 15.0 Å². The van der Waals surface area contributed by atoms with Crippen molar-refractivity contribution in [3.63, 3.8) is 0 Å². The lowest BCUT2D eigenvalue weighted by atomic mass is 10.3. The molecule has 0 bridgehead atoms. The number of anilines is 4. The maximum absolute atomic E-state index is 4.48. The van der Waals surface area contributed by atoms with Crippen molar-refractivity contribution < 1.29 is 0 Å². The fraction of sp³-hybridized carbons (Fsp3) is 0.357. The zero-order valence-corrected chi connectivity index (χ0v) is 12.3. The van der Waals surface area contributed by atoms with Crippen molar-refractivity contribution in [1.29, 1.82) is 0 Å². The lowest BCUT2D eigenvalue weighted by Gasteiger charge is -2.20. The van der Waals surface area contributed by atoms with Crippen molar-refractivity contribution in [2.24, 2.45) is 0 Å². The zero-order valence-electron chi connectivity index (χ0n) is 12.3. The Labute approximate surface area is 119 Å². The van der Waals surface area contributed by atoms with Gasteiger partial charge in [0.1, 0.15) is 0 Å². The Hall–Kier alpha value is -2.37. The maximum Gasteiger partial charge on any atom is 0.236 e. The van der Waals surface area contributed by atoms with Crippen LogP contribution in [0.1, 0.15) is 6.92 Å². The van der Waals surface area contributed by atoms with Gasteiger partial charge in [-0.15, -0.1) is 0 Å². The number of hydrogen-bond donors (Lipinski definition) is 1. The summed E-state index contributed by atoms with van der Waals surface area (Å²) in [6, 6.07) is 10.0. The van der Waals surface area contributed by atoms with Crippen LogP contribution in [-0.2, 0) is 0 Å². The largest absolute Gasteiger partial charge is 0.354 e. The molecule has 1 heterocycles. The third-order valence-corrected chi connectivity index (χ3v) is 2.79. The highest BCUT2D eigenvalue weighted by molar-refractivity contribution is 5.58. The molecule has 0 aliphatic heterocycles. The molecule has 0 saturated carbocycles. The second-order valence-electron chi connectivity index (χ2n) is 4.58. The van der Waals surface area contributed by atoms with Crippen LogP contribution in [0.2, 0.25) is 0 Å². The Morgan fingerprint density at radius 1 is 0.950 bits per heavy atom. The minimum atomic E-state index is 0.587. The average Bonchev–Trinajstić information content (AvgIpc) is 2.47. The molecule has 0 spiro atoms. The first-order valence-electron chi connectivity index (χ1n) is 6.58. The molecule has 0 fully saturated rings. The van der Waals surface area contributed by atoms with Crippen molar-refractivity contribution in [3.05, 3.63) is 30.3 Å². The molecule has 1 N–H and O–H groups in total. The van der Waals surface area contributed by atoms with Gasteiger partial charge in [0.25, 0.3) is 0 Å². The summed E-state index contributed by atoms with van der Waals surface area (Å²) in [6.45, 7) is 2.78. The predicted molar refractivity (Wildman–Crippen MR) is 82.8 cm³/mol. The lowest BCUT2D eigenvalue weighted by molar-refractivity contribution is 0.925. The van der Waals surface area contributed by atoms with Crippen LogP contribution < -0.4 is 15.1 Å². The molecule has 1 aromatic heterocycles. The van der Waals surface area contributed by atoms with Gasteiger partial charge in [0.2, 0.25) is 17.8 Å². The van der Waals surface area contributed by atoms with Gasteiger partial charge in [-0.25, -0.2) is 0 Å². The van der Waals surface area contributed by atoms with E-state index in [-0.39, 0.29) is 0 Å². The monoisotopic (exact) mass is 272 g/mol. The van der Waals surface area contributed by atoms with Gasteiger partial charge in [-0.1, -0.05) is 18.2 Å². The van der Waals surface area contributed by atoms with E-state index in [0.717, 1.165) is 12.2 Å². The highest BCUT2D eigenvalue weighted by Gasteiger charge is 2.12. The summed E-state index contributed by atoms with van der Waals surface area (Å²) in [5.74, 6) is 1.84. The van der Waals surface area contributed by atoms with Crippen LogP contribution in [0.5, 0.6) is 0 Å². The van der Waals surface area contributed by atoms with E-state index in [1.165, 1.54) is 0 Å². The Morgan fingerprint density at radius 3 is 2.20 bits per heavy atom. The Kier molecular flexibility index (Phi) is 4.34. The molecule has 0 unspecified atom stereocenters. The summed E-state index contributed by atoms with van der Waals surface area (Å²) >= 11 is 0. The zero-order chi connectivity index (χ0) is 14.5. The van der Waals surface area contributed by atoms with Gasteiger partial charge < -0.3 is 15.1 Å². The molecule has 0 aliphatic carbocycles. The smallest absolute Gasteiger partial charge is 0.236 e. The molecule has 0 radical (unpaired) electrons. The topological polar surface area (TPSA) is 57.2 Å². The molecular formula is C14H20N6. The molecule has 106 valence electrons. The van der Waals surface area contributed by atoms with E-state index < -0.39 is 0 Å². The minimum absolute atomic E-state index is 0.587. The van der Waals surface area contributed by atoms with E-state index in [1.807, 2.05) is 68.2 Å². The SMILES string of the molecule is CCNc1nc(N(C)C)nc(N(C)c2ccccc2)n1.